The maximum Gasteiger partial charge on any atom is 0.338 e. The zero-order chi connectivity index (χ0) is 27.5. The number of aryl methyl sites for hydroxylation is 1. The first-order chi connectivity index (χ1) is 17.6. The molecular formula is C28H39F2N3O4. The van der Waals surface area contributed by atoms with Crippen molar-refractivity contribution in [3.05, 3.63) is 70.3 Å². The molecule has 0 aliphatic heterocycles. The van der Waals surface area contributed by atoms with E-state index in [-0.39, 0.29) is 37.1 Å². The molecule has 4 N–H and O–H groups in total. The molecule has 2 aromatic carbocycles. The highest BCUT2D eigenvalue weighted by Crippen LogP contribution is 2.17. The van der Waals surface area contributed by atoms with Crippen LogP contribution in [0.25, 0.3) is 0 Å². The number of rotatable bonds is 14. The van der Waals surface area contributed by atoms with Gasteiger partial charge in [-0.25, -0.2) is 13.6 Å². The van der Waals surface area contributed by atoms with Gasteiger partial charge in [0.1, 0.15) is 17.7 Å². The summed E-state index contributed by atoms with van der Waals surface area (Å²) in [4.78, 5) is 28.1. The minimum atomic E-state index is -0.871. The lowest BCUT2D eigenvalue weighted by atomic mass is 10.0. The van der Waals surface area contributed by atoms with E-state index in [9.17, 15) is 23.5 Å². The minimum absolute atomic E-state index is 0.0579. The van der Waals surface area contributed by atoms with E-state index < -0.39 is 29.7 Å². The van der Waals surface area contributed by atoms with Crippen molar-refractivity contribution in [2.75, 3.05) is 26.2 Å². The minimum Gasteiger partial charge on any atom is -0.456 e. The molecule has 9 heteroatoms. The fourth-order valence-electron chi connectivity index (χ4n) is 4.06. The van der Waals surface area contributed by atoms with Crippen LogP contribution >= 0.6 is 0 Å². The zero-order valence-corrected chi connectivity index (χ0v) is 22.1. The molecule has 1 amide bonds. The largest absolute Gasteiger partial charge is 0.456 e. The number of hydrogen-bond acceptors (Lipinski definition) is 6. The van der Waals surface area contributed by atoms with E-state index in [0.29, 0.717) is 24.2 Å². The molecule has 0 spiro atoms. The second-order valence-corrected chi connectivity index (χ2v) is 9.46. The Morgan fingerprint density at radius 2 is 1.62 bits per heavy atom. The number of amides is 1. The number of nitrogens with one attached hydrogen (secondary N) is 1. The van der Waals surface area contributed by atoms with Gasteiger partial charge in [0.2, 0.25) is 0 Å². The van der Waals surface area contributed by atoms with Gasteiger partial charge in [-0.3, -0.25) is 4.79 Å². The number of benzene rings is 2. The normalized spacial score (nSPS) is 13.6. The van der Waals surface area contributed by atoms with Crippen molar-refractivity contribution in [1.29, 1.82) is 0 Å². The molecule has 0 fully saturated rings. The molecule has 0 aromatic heterocycles. The third-order valence-electron chi connectivity index (χ3n) is 5.91. The lowest BCUT2D eigenvalue weighted by Gasteiger charge is -2.26. The Morgan fingerprint density at radius 3 is 2.19 bits per heavy atom. The first-order valence-corrected chi connectivity index (χ1v) is 12.7. The van der Waals surface area contributed by atoms with Gasteiger partial charge < -0.3 is 25.8 Å². The van der Waals surface area contributed by atoms with Crippen LogP contribution in [0.1, 0.15) is 65.5 Å². The summed E-state index contributed by atoms with van der Waals surface area (Å²) in [5.41, 5.74) is 8.00. The number of nitrogens with zero attached hydrogens (tertiary/aromatic N) is 1. The van der Waals surface area contributed by atoms with Gasteiger partial charge in [-0.2, -0.15) is 0 Å². The van der Waals surface area contributed by atoms with Gasteiger partial charge in [0.05, 0.1) is 12.2 Å². The van der Waals surface area contributed by atoms with Crippen LogP contribution in [-0.4, -0.2) is 66.3 Å². The highest BCUT2D eigenvalue weighted by Gasteiger charge is 2.25. The Balaban J connectivity index is 2.27. The lowest BCUT2D eigenvalue weighted by Crippen LogP contribution is -2.48. The highest BCUT2D eigenvalue weighted by molar-refractivity contribution is 5.98. The Morgan fingerprint density at radius 1 is 1.03 bits per heavy atom. The first kappa shape index (κ1) is 30.3. The van der Waals surface area contributed by atoms with Crippen LogP contribution in [0, 0.1) is 18.6 Å². The number of esters is 1. The van der Waals surface area contributed by atoms with Gasteiger partial charge in [-0.05, 0) is 74.6 Å². The molecule has 7 nitrogen and oxygen atoms in total. The van der Waals surface area contributed by atoms with Crippen molar-refractivity contribution in [3.63, 3.8) is 0 Å². The summed E-state index contributed by atoms with van der Waals surface area (Å²) >= 11 is 0. The summed E-state index contributed by atoms with van der Waals surface area (Å²) in [5, 5.41) is 12.4. The predicted molar refractivity (Wildman–Crippen MR) is 139 cm³/mol. The molecule has 0 bridgehead atoms. The van der Waals surface area contributed by atoms with Gasteiger partial charge in [0, 0.05) is 43.3 Å². The van der Waals surface area contributed by atoms with E-state index in [1.54, 1.807) is 30.9 Å². The van der Waals surface area contributed by atoms with Gasteiger partial charge >= 0.3 is 5.97 Å². The fourth-order valence-corrected chi connectivity index (χ4v) is 4.06. The summed E-state index contributed by atoms with van der Waals surface area (Å²) in [5.74, 6) is -2.26. The molecule has 0 unspecified atom stereocenters. The highest BCUT2D eigenvalue weighted by atomic mass is 19.1. The van der Waals surface area contributed by atoms with Crippen LogP contribution in [0.3, 0.4) is 0 Å². The van der Waals surface area contributed by atoms with Crippen LogP contribution in [0.2, 0.25) is 0 Å². The second-order valence-electron chi connectivity index (χ2n) is 9.46. The van der Waals surface area contributed by atoms with E-state index in [1.807, 2.05) is 13.8 Å². The Labute approximate surface area is 218 Å². The fraction of sp³-hybridized carbons (Fsp3) is 0.500. The third kappa shape index (κ3) is 9.50. The van der Waals surface area contributed by atoms with E-state index in [0.717, 1.165) is 24.5 Å². The SMILES string of the molecule is CCCN(CCC)C(=O)c1cc(C)cc(C(=O)O[C@H](CN[C@@H](C)CO)[C@@H](N)Cc2cc(F)cc(F)c2)c1. The van der Waals surface area contributed by atoms with Crippen molar-refractivity contribution >= 4 is 11.9 Å². The quantitative estimate of drug-likeness (QED) is 0.330. The Kier molecular flexibility index (Phi) is 12.1. The average Bonchev–Trinajstić information content (AvgIpc) is 2.84. The Bertz CT molecular complexity index is 1020. The molecule has 3 atom stereocenters. The number of aliphatic hydroxyl groups excluding tert-OH is 1. The van der Waals surface area contributed by atoms with E-state index in [1.165, 1.54) is 18.2 Å². The van der Waals surface area contributed by atoms with Crippen LogP contribution in [0.4, 0.5) is 8.78 Å². The van der Waals surface area contributed by atoms with Gasteiger partial charge in [-0.1, -0.05) is 13.8 Å². The smallest absolute Gasteiger partial charge is 0.338 e. The average molecular weight is 520 g/mol. The molecule has 0 aliphatic carbocycles. The molecule has 0 saturated carbocycles. The molecule has 2 aromatic rings. The van der Waals surface area contributed by atoms with Crippen molar-refractivity contribution in [2.45, 2.75) is 65.1 Å². The van der Waals surface area contributed by atoms with Crippen LogP contribution in [0.5, 0.6) is 0 Å². The molecule has 0 saturated heterocycles. The first-order valence-electron chi connectivity index (χ1n) is 12.7. The van der Waals surface area contributed by atoms with Gasteiger partial charge in [-0.15, -0.1) is 0 Å². The number of halogens is 2. The van der Waals surface area contributed by atoms with Crippen LogP contribution in [0.15, 0.2) is 36.4 Å². The number of carbonyl (C=O) groups is 2. The van der Waals surface area contributed by atoms with Crippen molar-refractivity contribution < 1.29 is 28.2 Å². The molecule has 204 valence electrons. The maximum atomic E-state index is 13.7. The predicted octanol–water partition coefficient (Wildman–Crippen LogP) is 3.60. The summed E-state index contributed by atoms with van der Waals surface area (Å²) < 4.78 is 33.1. The number of nitrogens with two attached hydrogens (primary N) is 1. The van der Waals surface area contributed by atoms with Crippen molar-refractivity contribution in [3.8, 4) is 0 Å². The summed E-state index contributed by atoms with van der Waals surface area (Å²) in [7, 11) is 0. The van der Waals surface area contributed by atoms with E-state index in [4.69, 9.17) is 10.5 Å². The number of carbonyl (C=O) groups excluding carboxylic acids is 2. The van der Waals surface area contributed by atoms with Gasteiger partial charge in [0.15, 0.2) is 0 Å². The van der Waals surface area contributed by atoms with Crippen LogP contribution < -0.4 is 11.1 Å². The molecular weight excluding hydrogens is 480 g/mol. The second kappa shape index (κ2) is 14.8. The number of ether oxygens (including phenoxy) is 1. The topological polar surface area (TPSA) is 105 Å². The van der Waals surface area contributed by atoms with Gasteiger partial charge in [0.25, 0.3) is 5.91 Å². The molecule has 0 heterocycles. The number of hydrogen-bond donors (Lipinski definition) is 3. The molecule has 2 rings (SSSR count). The monoisotopic (exact) mass is 519 g/mol. The molecule has 0 radical (unpaired) electrons. The Hall–Kier alpha value is -2.88. The van der Waals surface area contributed by atoms with Crippen LogP contribution in [-0.2, 0) is 11.2 Å². The third-order valence-corrected chi connectivity index (χ3v) is 5.91. The van der Waals surface area contributed by atoms with E-state index >= 15 is 0 Å². The standard InChI is InChI=1S/C28H39F2N3O4/c1-5-7-33(8-6-2)27(35)21-9-18(3)10-22(14-21)28(36)37-26(16-32-19(4)17-34)25(31)13-20-11-23(29)15-24(30)12-20/h9-12,14-15,19,25-26,32,34H,5-8,13,16-17,31H2,1-4H3/t19-,25-,26+/m0/s1. The lowest BCUT2D eigenvalue weighted by molar-refractivity contribution is 0.0228. The summed E-state index contributed by atoms with van der Waals surface area (Å²) in [6.45, 7) is 8.77. The van der Waals surface area contributed by atoms with Crippen molar-refractivity contribution in [1.82, 2.24) is 10.2 Å². The van der Waals surface area contributed by atoms with Crippen molar-refractivity contribution in [2.24, 2.45) is 5.73 Å². The molecule has 37 heavy (non-hydrogen) atoms. The summed E-state index contributed by atoms with van der Waals surface area (Å²) in [6, 6.07) is 6.96. The molecule has 0 aliphatic rings. The van der Waals surface area contributed by atoms with E-state index in [2.05, 4.69) is 5.32 Å². The number of aliphatic hydroxyl groups is 1. The maximum absolute atomic E-state index is 13.7. The zero-order valence-electron chi connectivity index (χ0n) is 22.1. The summed E-state index contributed by atoms with van der Waals surface area (Å²) in [6.07, 6.45) is 0.827.